The van der Waals surface area contributed by atoms with Crippen molar-refractivity contribution in [3.8, 4) is 0 Å². The lowest BCUT2D eigenvalue weighted by atomic mass is 10.00. The number of aliphatic hydroxyl groups is 1. The summed E-state index contributed by atoms with van der Waals surface area (Å²) in [5.41, 5.74) is 0. The van der Waals surface area contributed by atoms with E-state index in [0.29, 0.717) is 6.61 Å². The Bertz CT molecular complexity index is 71.3. The maximum absolute atomic E-state index is 8.64. The van der Waals surface area contributed by atoms with E-state index in [9.17, 15) is 0 Å². The molecule has 0 saturated heterocycles. The predicted molar refractivity (Wildman–Crippen MR) is 49.6 cm³/mol. The van der Waals surface area contributed by atoms with Crippen molar-refractivity contribution in [1.82, 2.24) is 0 Å². The Morgan fingerprint density at radius 3 is 2.36 bits per heavy atom. The van der Waals surface area contributed by atoms with E-state index in [-0.39, 0.29) is 0 Å². The van der Waals surface area contributed by atoms with Crippen molar-refractivity contribution in [2.75, 3.05) is 6.61 Å². The van der Waals surface area contributed by atoms with Crippen LogP contribution in [0.1, 0.15) is 52.4 Å². The number of rotatable bonds is 7. The van der Waals surface area contributed by atoms with Gasteiger partial charge in [0.1, 0.15) is 0 Å². The van der Waals surface area contributed by atoms with Gasteiger partial charge in [-0.1, -0.05) is 46.0 Å². The summed E-state index contributed by atoms with van der Waals surface area (Å²) >= 11 is 0. The SMILES string of the molecule is CCCCCCC(C)CCO. The van der Waals surface area contributed by atoms with Gasteiger partial charge < -0.3 is 5.11 Å². The summed E-state index contributed by atoms with van der Waals surface area (Å²) < 4.78 is 0. The number of aliphatic hydroxyl groups excluding tert-OH is 1. The quantitative estimate of drug-likeness (QED) is 0.565. The van der Waals surface area contributed by atoms with E-state index in [0.717, 1.165) is 12.3 Å². The summed E-state index contributed by atoms with van der Waals surface area (Å²) in [4.78, 5) is 0. The van der Waals surface area contributed by atoms with Crippen LogP contribution < -0.4 is 0 Å². The molecule has 0 saturated carbocycles. The Kier molecular flexibility index (Phi) is 8.03. The summed E-state index contributed by atoms with van der Waals surface area (Å²) in [5, 5.41) is 8.64. The number of hydrogen-bond donors (Lipinski definition) is 1. The molecule has 1 N–H and O–H groups in total. The van der Waals surface area contributed by atoms with Crippen LogP contribution in [0.4, 0.5) is 0 Å². The number of hydrogen-bond acceptors (Lipinski definition) is 1. The first-order valence-corrected chi connectivity index (χ1v) is 4.92. The Morgan fingerprint density at radius 1 is 1.09 bits per heavy atom. The van der Waals surface area contributed by atoms with Crippen molar-refractivity contribution >= 4 is 0 Å². The second-order valence-electron chi connectivity index (χ2n) is 3.47. The fourth-order valence-electron chi connectivity index (χ4n) is 1.28. The van der Waals surface area contributed by atoms with Gasteiger partial charge in [-0.25, -0.2) is 0 Å². The highest BCUT2D eigenvalue weighted by Gasteiger charge is 1.99. The van der Waals surface area contributed by atoms with Gasteiger partial charge in [0, 0.05) is 6.61 Å². The third kappa shape index (κ3) is 7.86. The first kappa shape index (κ1) is 11.0. The van der Waals surface area contributed by atoms with Gasteiger partial charge in [0.25, 0.3) is 0 Å². The summed E-state index contributed by atoms with van der Waals surface area (Å²) in [6.45, 7) is 4.81. The van der Waals surface area contributed by atoms with Gasteiger partial charge >= 0.3 is 0 Å². The fraction of sp³-hybridized carbons (Fsp3) is 1.00. The molecule has 1 unspecified atom stereocenters. The van der Waals surface area contributed by atoms with E-state index in [4.69, 9.17) is 5.11 Å². The predicted octanol–water partition coefficient (Wildman–Crippen LogP) is 2.98. The molecule has 1 heteroatoms. The van der Waals surface area contributed by atoms with Crippen LogP contribution in [0.25, 0.3) is 0 Å². The molecule has 0 aromatic carbocycles. The van der Waals surface area contributed by atoms with E-state index in [2.05, 4.69) is 13.8 Å². The normalized spacial score (nSPS) is 13.4. The first-order chi connectivity index (χ1) is 5.31. The lowest BCUT2D eigenvalue weighted by molar-refractivity contribution is 0.256. The molecule has 0 aromatic rings. The van der Waals surface area contributed by atoms with Crippen molar-refractivity contribution in [2.24, 2.45) is 5.92 Å². The molecule has 0 heterocycles. The van der Waals surface area contributed by atoms with Crippen LogP contribution in [0, 0.1) is 5.92 Å². The maximum atomic E-state index is 8.64. The smallest absolute Gasteiger partial charge is 0.0433 e. The highest BCUT2D eigenvalue weighted by Crippen LogP contribution is 2.12. The molecule has 0 aromatic heterocycles. The second kappa shape index (κ2) is 8.06. The molecule has 1 atom stereocenters. The summed E-state index contributed by atoms with van der Waals surface area (Å²) in [6, 6.07) is 0. The van der Waals surface area contributed by atoms with Gasteiger partial charge in [0.15, 0.2) is 0 Å². The minimum Gasteiger partial charge on any atom is -0.396 e. The Labute approximate surface area is 70.8 Å². The summed E-state index contributed by atoms with van der Waals surface area (Å²) in [5.74, 6) is 0.719. The highest BCUT2D eigenvalue weighted by atomic mass is 16.2. The van der Waals surface area contributed by atoms with Gasteiger partial charge in [-0.05, 0) is 12.3 Å². The zero-order chi connectivity index (χ0) is 8.53. The van der Waals surface area contributed by atoms with Gasteiger partial charge in [-0.2, -0.15) is 0 Å². The lowest BCUT2D eigenvalue weighted by Gasteiger charge is -2.07. The van der Waals surface area contributed by atoms with E-state index >= 15 is 0 Å². The highest BCUT2D eigenvalue weighted by molar-refractivity contribution is 4.52. The molecule has 11 heavy (non-hydrogen) atoms. The first-order valence-electron chi connectivity index (χ1n) is 4.92. The van der Waals surface area contributed by atoms with Gasteiger partial charge in [0.05, 0.1) is 0 Å². The van der Waals surface area contributed by atoms with E-state index in [1.165, 1.54) is 32.1 Å². The lowest BCUT2D eigenvalue weighted by Crippen LogP contribution is -1.97. The van der Waals surface area contributed by atoms with Crippen LogP contribution in [0.2, 0.25) is 0 Å². The molecule has 0 fully saturated rings. The van der Waals surface area contributed by atoms with E-state index < -0.39 is 0 Å². The van der Waals surface area contributed by atoms with Crippen molar-refractivity contribution in [1.29, 1.82) is 0 Å². The van der Waals surface area contributed by atoms with Gasteiger partial charge in [-0.3, -0.25) is 0 Å². The second-order valence-corrected chi connectivity index (χ2v) is 3.47. The largest absolute Gasteiger partial charge is 0.396 e. The minimum absolute atomic E-state index is 0.356. The summed E-state index contributed by atoms with van der Waals surface area (Å²) in [6.07, 6.45) is 7.66. The van der Waals surface area contributed by atoms with Crippen molar-refractivity contribution < 1.29 is 5.11 Å². The molecular weight excluding hydrogens is 136 g/mol. The van der Waals surface area contributed by atoms with Crippen LogP contribution in [0.15, 0.2) is 0 Å². The number of unbranched alkanes of at least 4 members (excludes halogenated alkanes) is 3. The van der Waals surface area contributed by atoms with Crippen molar-refractivity contribution in [2.45, 2.75) is 52.4 Å². The van der Waals surface area contributed by atoms with Crippen molar-refractivity contribution in [3.05, 3.63) is 0 Å². The van der Waals surface area contributed by atoms with Crippen LogP contribution in [0.5, 0.6) is 0 Å². The topological polar surface area (TPSA) is 20.2 Å². The average Bonchev–Trinajstić information content (AvgIpc) is 1.99. The van der Waals surface area contributed by atoms with E-state index in [1.807, 2.05) is 0 Å². The third-order valence-electron chi connectivity index (χ3n) is 2.17. The zero-order valence-electron chi connectivity index (χ0n) is 7.97. The Balaban J connectivity index is 2.97. The molecule has 0 spiro atoms. The summed E-state index contributed by atoms with van der Waals surface area (Å²) in [7, 11) is 0. The molecule has 0 bridgehead atoms. The van der Waals surface area contributed by atoms with Crippen LogP contribution in [0.3, 0.4) is 0 Å². The van der Waals surface area contributed by atoms with Gasteiger partial charge in [-0.15, -0.1) is 0 Å². The fourth-order valence-corrected chi connectivity index (χ4v) is 1.28. The molecule has 0 radical (unpaired) electrons. The molecule has 0 amide bonds. The van der Waals surface area contributed by atoms with Crippen molar-refractivity contribution in [3.63, 3.8) is 0 Å². The zero-order valence-corrected chi connectivity index (χ0v) is 7.97. The Hall–Kier alpha value is -0.0400. The molecule has 0 rings (SSSR count). The monoisotopic (exact) mass is 158 g/mol. The molecule has 68 valence electrons. The molecular formula is C10H22O. The third-order valence-corrected chi connectivity index (χ3v) is 2.17. The van der Waals surface area contributed by atoms with Crippen LogP contribution in [-0.2, 0) is 0 Å². The van der Waals surface area contributed by atoms with Gasteiger partial charge in [0.2, 0.25) is 0 Å². The van der Waals surface area contributed by atoms with Crippen LogP contribution in [-0.4, -0.2) is 11.7 Å². The molecule has 0 aliphatic heterocycles. The minimum atomic E-state index is 0.356. The molecule has 1 nitrogen and oxygen atoms in total. The Morgan fingerprint density at radius 2 is 1.82 bits per heavy atom. The molecule has 0 aliphatic rings. The average molecular weight is 158 g/mol. The standard InChI is InChI=1S/C10H22O/c1-3-4-5-6-7-10(2)8-9-11/h10-11H,3-9H2,1-2H3. The van der Waals surface area contributed by atoms with Crippen LogP contribution >= 0.6 is 0 Å². The maximum Gasteiger partial charge on any atom is 0.0433 e. The molecule has 0 aliphatic carbocycles. The van der Waals surface area contributed by atoms with E-state index in [1.54, 1.807) is 0 Å².